The van der Waals surface area contributed by atoms with Crippen molar-refractivity contribution < 1.29 is 9.53 Å². The van der Waals surface area contributed by atoms with Crippen LogP contribution in [0.4, 0.5) is 0 Å². The first-order valence-corrected chi connectivity index (χ1v) is 9.44. The van der Waals surface area contributed by atoms with E-state index in [-0.39, 0.29) is 5.91 Å². The number of ether oxygens (including phenoxy) is 1. The van der Waals surface area contributed by atoms with E-state index in [1.807, 2.05) is 18.2 Å². The summed E-state index contributed by atoms with van der Waals surface area (Å²) >= 11 is 0. The molecule has 3 aromatic rings. The molecule has 0 atom stereocenters. The molecule has 0 saturated heterocycles. The van der Waals surface area contributed by atoms with Crippen LogP contribution in [0.25, 0.3) is 11.0 Å². The van der Waals surface area contributed by atoms with Gasteiger partial charge in [-0.05, 0) is 43.5 Å². The number of imidazole rings is 1. The van der Waals surface area contributed by atoms with Gasteiger partial charge in [0.05, 0.1) is 17.6 Å². The average molecular weight is 365 g/mol. The topological polar surface area (TPSA) is 56.2 Å². The van der Waals surface area contributed by atoms with E-state index in [9.17, 15) is 4.79 Å². The summed E-state index contributed by atoms with van der Waals surface area (Å²) in [5.41, 5.74) is 4.45. The first-order valence-electron chi connectivity index (χ1n) is 9.44. The molecule has 0 aliphatic rings. The van der Waals surface area contributed by atoms with E-state index >= 15 is 0 Å². The largest absolute Gasteiger partial charge is 0.493 e. The van der Waals surface area contributed by atoms with Crippen LogP contribution < -0.4 is 10.1 Å². The molecule has 5 nitrogen and oxygen atoms in total. The van der Waals surface area contributed by atoms with Gasteiger partial charge >= 0.3 is 0 Å². The summed E-state index contributed by atoms with van der Waals surface area (Å²) in [5, 5.41) is 2.85. The van der Waals surface area contributed by atoms with Crippen LogP contribution in [0.3, 0.4) is 0 Å². The number of benzene rings is 2. The van der Waals surface area contributed by atoms with Crippen LogP contribution in [0.1, 0.15) is 30.3 Å². The minimum Gasteiger partial charge on any atom is -0.493 e. The molecule has 3 rings (SSSR count). The van der Waals surface area contributed by atoms with Crippen molar-refractivity contribution in [2.24, 2.45) is 0 Å². The Labute approximate surface area is 160 Å². The Morgan fingerprint density at radius 1 is 1.11 bits per heavy atom. The van der Waals surface area contributed by atoms with Gasteiger partial charge in [0, 0.05) is 26.4 Å². The second kappa shape index (κ2) is 8.71. The Kier molecular flexibility index (Phi) is 6.12. The number of nitrogens with one attached hydrogen (secondary N) is 1. The summed E-state index contributed by atoms with van der Waals surface area (Å²) in [6, 6.07) is 14.4. The summed E-state index contributed by atoms with van der Waals surface area (Å²) in [6.07, 6.45) is 1.60. The van der Waals surface area contributed by atoms with Gasteiger partial charge in [0.25, 0.3) is 0 Å². The van der Waals surface area contributed by atoms with Crippen molar-refractivity contribution in [2.75, 3.05) is 13.2 Å². The van der Waals surface area contributed by atoms with E-state index in [2.05, 4.69) is 48.0 Å². The van der Waals surface area contributed by atoms with Crippen molar-refractivity contribution in [2.45, 2.75) is 40.2 Å². The third-order valence-electron chi connectivity index (χ3n) is 4.64. The Hall–Kier alpha value is -2.82. The maximum atomic E-state index is 11.1. The van der Waals surface area contributed by atoms with Crippen molar-refractivity contribution in [1.29, 1.82) is 0 Å². The lowest BCUT2D eigenvalue weighted by atomic mass is 10.1. The maximum Gasteiger partial charge on any atom is 0.216 e. The molecular formula is C22H27N3O2. The molecule has 0 radical (unpaired) electrons. The maximum absolute atomic E-state index is 11.1. The van der Waals surface area contributed by atoms with Crippen LogP contribution in [-0.2, 0) is 17.8 Å². The molecule has 1 amide bonds. The van der Waals surface area contributed by atoms with E-state index in [0.29, 0.717) is 19.6 Å². The minimum absolute atomic E-state index is 0.0142. The number of hydrogen-bond donors (Lipinski definition) is 1. The second-order valence-electron chi connectivity index (χ2n) is 6.82. The summed E-state index contributed by atoms with van der Waals surface area (Å²) in [6.45, 7) is 7.77. The van der Waals surface area contributed by atoms with Gasteiger partial charge in [0.15, 0.2) is 0 Å². The standard InChI is InChI=1S/C22H27N3O2/c1-16-8-6-9-17(2)22(16)27-15-7-14-25-20-11-5-4-10-19(20)24-21(25)12-13-23-18(3)26/h4-6,8-11H,7,12-15H2,1-3H3,(H,23,26). The molecule has 2 aromatic carbocycles. The number of carbonyl (C=O) groups excluding carboxylic acids is 1. The molecule has 142 valence electrons. The predicted molar refractivity (Wildman–Crippen MR) is 108 cm³/mol. The number of aromatic nitrogens is 2. The molecule has 1 heterocycles. The molecule has 0 aliphatic heterocycles. The van der Waals surface area contributed by atoms with E-state index in [1.165, 1.54) is 18.1 Å². The van der Waals surface area contributed by atoms with Crippen molar-refractivity contribution in [1.82, 2.24) is 14.9 Å². The molecule has 1 N–H and O–H groups in total. The second-order valence-corrected chi connectivity index (χ2v) is 6.82. The van der Waals surface area contributed by atoms with Crippen molar-refractivity contribution in [3.8, 4) is 5.75 Å². The summed E-state index contributed by atoms with van der Waals surface area (Å²) in [7, 11) is 0. The molecule has 0 saturated carbocycles. The highest BCUT2D eigenvalue weighted by Crippen LogP contribution is 2.23. The van der Waals surface area contributed by atoms with Crippen LogP contribution in [0.2, 0.25) is 0 Å². The van der Waals surface area contributed by atoms with Gasteiger partial charge in [-0.1, -0.05) is 30.3 Å². The Morgan fingerprint density at radius 2 is 1.85 bits per heavy atom. The van der Waals surface area contributed by atoms with E-state index in [1.54, 1.807) is 0 Å². The third kappa shape index (κ3) is 4.67. The van der Waals surface area contributed by atoms with Gasteiger partial charge in [0.2, 0.25) is 5.91 Å². The average Bonchev–Trinajstić information content (AvgIpc) is 2.98. The molecule has 5 heteroatoms. The lowest BCUT2D eigenvalue weighted by molar-refractivity contribution is -0.118. The fourth-order valence-corrected chi connectivity index (χ4v) is 3.34. The highest BCUT2D eigenvalue weighted by atomic mass is 16.5. The number of amides is 1. The van der Waals surface area contributed by atoms with Crippen molar-refractivity contribution in [3.63, 3.8) is 0 Å². The van der Waals surface area contributed by atoms with Crippen LogP contribution >= 0.6 is 0 Å². The fraction of sp³-hybridized carbons (Fsp3) is 0.364. The van der Waals surface area contributed by atoms with Gasteiger partial charge in [-0.3, -0.25) is 4.79 Å². The molecule has 0 bridgehead atoms. The van der Waals surface area contributed by atoms with Gasteiger partial charge in [-0.25, -0.2) is 4.98 Å². The summed E-state index contributed by atoms with van der Waals surface area (Å²) in [5.74, 6) is 1.97. The third-order valence-corrected chi connectivity index (χ3v) is 4.64. The highest BCUT2D eigenvalue weighted by molar-refractivity contribution is 5.76. The van der Waals surface area contributed by atoms with Gasteiger partial charge in [-0.15, -0.1) is 0 Å². The Morgan fingerprint density at radius 3 is 2.59 bits per heavy atom. The normalized spacial score (nSPS) is 10.9. The zero-order chi connectivity index (χ0) is 19.2. The first kappa shape index (κ1) is 19.0. The zero-order valence-corrected chi connectivity index (χ0v) is 16.3. The molecule has 1 aromatic heterocycles. The van der Waals surface area contributed by atoms with Crippen molar-refractivity contribution in [3.05, 3.63) is 59.4 Å². The van der Waals surface area contributed by atoms with E-state index in [4.69, 9.17) is 9.72 Å². The first-order chi connectivity index (χ1) is 13.1. The Balaban J connectivity index is 1.67. The molecule has 0 spiro atoms. The van der Waals surface area contributed by atoms with Crippen LogP contribution in [0, 0.1) is 13.8 Å². The van der Waals surface area contributed by atoms with Crippen LogP contribution in [0.15, 0.2) is 42.5 Å². The number of fused-ring (bicyclic) bond motifs is 1. The number of carbonyl (C=O) groups is 1. The number of nitrogens with zero attached hydrogens (tertiary/aromatic N) is 2. The van der Waals surface area contributed by atoms with Crippen molar-refractivity contribution >= 4 is 16.9 Å². The molecular weight excluding hydrogens is 338 g/mol. The van der Waals surface area contributed by atoms with Crippen LogP contribution in [-0.4, -0.2) is 28.6 Å². The lowest BCUT2D eigenvalue weighted by Gasteiger charge is -2.13. The zero-order valence-electron chi connectivity index (χ0n) is 16.3. The van der Waals surface area contributed by atoms with E-state index in [0.717, 1.165) is 35.6 Å². The monoisotopic (exact) mass is 365 g/mol. The molecule has 27 heavy (non-hydrogen) atoms. The van der Waals surface area contributed by atoms with Gasteiger partial charge in [-0.2, -0.15) is 0 Å². The number of rotatable bonds is 8. The number of hydrogen-bond acceptors (Lipinski definition) is 3. The smallest absolute Gasteiger partial charge is 0.216 e. The molecule has 0 aliphatic carbocycles. The Bertz CT molecular complexity index is 910. The summed E-state index contributed by atoms with van der Waals surface area (Å²) < 4.78 is 8.28. The van der Waals surface area contributed by atoms with Gasteiger partial charge in [0.1, 0.15) is 11.6 Å². The van der Waals surface area contributed by atoms with E-state index < -0.39 is 0 Å². The van der Waals surface area contributed by atoms with Gasteiger partial charge < -0.3 is 14.6 Å². The fourth-order valence-electron chi connectivity index (χ4n) is 3.34. The van der Waals surface area contributed by atoms with Crippen LogP contribution in [0.5, 0.6) is 5.75 Å². The highest BCUT2D eigenvalue weighted by Gasteiger charge is 2.10. The molecule has 0 unspecified atom stereocenters. The SMILES string of the molecule is CC(=O)NCCc1nc2ccccc2n1CCCOc1c(C)cccc1C. The quantitative estimate of drug-likeness (QED) is 0.618. The number of para-hydroxylation sites is 3. The predicted octanol–water partition coefficient (Wildman–Crippen LogP) is 3.80. The lowest BCUT2D eigenvalue weighted by Crippen LogP contribution is -2.23. The minimum atomic E-state index is -0.0142. The number of aryl methyl sites for hydroxylation is 3. The molecule has 0 fully saturated rings. The summed E-state index contributed by atoms with van der Waals surface area (Å²) in [4.78, 5) is 15.9.